The highest BCUT2D eigenvalue weighted by molar-refractivity contribution is 6.44. The summed E-state index contributed by atoms with van der Waals surface area (Å²) < 4.78 is 0. The van der Waals surface area contributed by atoms with E-state index >= 15 is 0 Å². The predicted molar refractivity (Wildman–Crippen MR) is 104 cm³/mol. The number of rotatable bonds is 4. The normalized spacial score (nSPS) is 15.2. The number of carbonyl (C=O) groups is 2. The lowest BCUT2D eigenvalue weighted by atomic mass is 9.90. The molecule has 0 aliphatic carbocycles. The van der Waals surface area contributed by atoms with Crippen molar-refractivity contribution in [1.82, 2.24) is 9.88 Å². The van der Waals surface area contributed by atoms with Crippen LogP contribution in [-0.4, -0.2) is 39.8 Å². The molecule has 1 aliphatic rings. The molecule has 1 fully saturated rings. The van der Waals surface area contributed by atoms with Gasteiger partial charge in [-0.3, -0.25) is 9.59 Å². The van der Waals surface area contributed by atoms with E-state index in [1.54, 1.807) is 23.2 Å². The fraction of sp³-hybridized carbons (Fsp3) is 0.273. The number of H-pyrrole nitrogens is 1. The second-order valence-corrected chi connectivity index (χ2v) is 7.19. The largest absolute Gasteiger partial charge is 0.508 e. The molecule has 138 valence electrons. The van der Waals surface area contributed by atoms with E-state index in [1.807, 2.05) is 18.2 Å². The molecule has 27 heavy (non-hydrogen) atoms. The van der Waals surface area contributed by atoms with Gasteiger partial charge >= 0.3 is 0 Å². The number of Topliss-reactive ketones (excluding diaryl/α,β-unsaturated/α-hetero) is 1. The number of aromatic amines is 1. The Morgan fingerprint density at radius 1 is 1.07 bits per heavy atom. The molecular weight excluding hydrogens is 340 g/mol. The van der Waals surface area contributed by atoms with Crippen molar-refractivity contribution in [3.8, 4) is 5.75 Å². The third-order valence-electron chi connectivity index (χ3n) is 5.37. The van der Waals surface area contributed by atoms with Gasteiger partial charge in [0.2, 0.25) is 0 Å². The molecule has 3 aromatic rings. The van der Waals surface area contributed by atoms with E-state index in [1.165, 1.54) is 11.6 Å². The van der Waals surface area contributed by atoms with Crippen LogP contribution in [0.4, 0.5) is 0 Å². The number of nitrogens with one attached hydrogen (secondary N) is 1. The van der Waals surface area contributed by atoms with Gasteiger partial charge in [0.15, 0.2) is 0 Å². The Morgan fingerprint density at radius 2 is 1.81 bits per heavy atom. The van der Waals surface area contributed by atoms with Gasteiger partial charge in [-0.1, -0.05) is 30.3 Å². The molecule has 1 aliphatic heterocycles. The van der Waals surface area contributed by atoms with Gasteiger partial charge in [-0.25, -0.2) is 0 Å². The van der Waals surface area contributed by atoms with Gasteiger partial charge in [-0.15, -0.1) is 0 Å². The Kier molecular flexibility index (Phi) is 4.67. The lowest BCUT2D eigenvalue weighted by Gasteiger charge is -2.31. The SMILES string of the molecule is O=C(C(=O)N1CCC(Cc2ccccc2)CC1)c1c[nH]c2ccc(O)cc12. The van der Waals surface area contributed by atoms with Gasteiger partial charge in [0.1, 0.15) is 5.75 Å². The summed E-state index contributed by atoms with van der Waals surface area (Å²) in [5.41, 5.74) is 2.36. The number of carbonyl (C=O) groups excluding carboxylic acids is 2. The summed E-state index contributed by atoms with van der Waals surface area (Å²) in [6.07, 6.45) is 4.37. The van der Waals surface area contributed by atoms with Crippen LogP contribution in [0.25, 0.3) is 10.9 Å². The van der Waals surface area contributed by atoms with Gasteiger partial charge in [0.25, 0.3) is 11.7 Å². The number of aromatic hydroxyl groups is 1. The van der Waals surface area contributed by atoms with Gasteiger partial charge in [0.05, 0.1) is 5.56 Å². The molecule has 2 heterocycles. The van der Waals surface area contributed by atoms with Gasteiger partial charge in [0, 0.05) is 30.2 Å². The summed E-state index contributed by atoms with van der Waals surface area (Å²) in [5.74, 6) is -0.368. The van der Waals surface area contributed by atoms with Crippen LogP contribution in [0.1, 0.15) is 28.8 Å². The van der Waals surface area contributed by atoms with Crippen LogP contribution < -0.4 is 0 Å². The van der Waals surface area contributed by atoms with Crippen molar-refractivity contribution in [2.75, 3.05) is 13.1 Å². The molecule has 2 N–H and O–H groups in total. The summed E-state index contributed by atoms with van der Waals surface area (Å²) >= 11 is 0. The third-order valence-corrected chi connectivity index (χ3v) is 5.37. The molecule has 0 saturated carbocycles. The Labute approximate surface area is 157 Å². The smallest absolute Gasteiger partial charge is 0.295 e. The maximum atomic E-state index is 12.7. The molecule has 0 spiro atoms. The standard InChI is InChI=1S/C22H22N2O3/c25-17-6-7-20-18(13-17)19(14-23-20)21(26)22(27)24-10-8-16(9-11-24)12-15-4-2-1-3-5-15/h1-7,13-14,16,23,25H,8-12H2. The van der Waals surface area contributed by atoms with Crippen LogP contribution in [0, 0.1) is 5.92 Å². The second kappa shape index (κ2) is 7.27. The minimum absolute atomic E-state index is 0.0744. The van der Waals surface area contributed by atoms with Crippen molar-refractivity contribution in [3.05, 3.63) is 65.9 Å². The minimum Gasteiger partial charge on any atom is -0.508 e. The third kappa shape index (κ3) is 3.58. The number of likely N-dealkylation sites (tertiary alicyclic amines) is 1. The molecule has 4 rings (SSSR count). The van der Waals surface area contributed by atoms with Crippen LogP contribution in [0.2, 0.25) is 0 Å². The first-order chi connectivity index (χ1) is 13.1. The van der Waals surface area contributed by atoms with Crippen LogP contribution in [0.15, 0.2) is 54.7 Å². The average molecular weight is 362 g/mol. The quantitative estimate of drug-likeness (QED) is 0.551. The molecule has 1 aromatic heterocycles. The first-order valence-electron chi connectivity index (χ1n) is 9.29. The highest BCUT2D eigenvalue weighted by atomic mass is 16.3. The number of nitrogens with zero attached hydrogens (tertiary/aromatic N) is 1. The summed E-state index contributed by atoms with van der Waals surface area (Å²) in [6, 6.07) is 15.1. The van der Waals surface area contributed by atoms with Crippen molar-refractivity contribution in [3.63, 3.8) is 0 Å². The topological polar surface area (TPSA) is 73.4 Å². The number of hydrogen-bond acceptors (Lipinski definition) is 3. The van der Waals surface area contributed by atoms with Gasteiger partial charge < -0.3 is 15.0 Å². The zero-order chi connectivity index (χ0) is 18.8. The number of benzene rings is 2. The van der Waals surface area contributed by atoms with E-state index in [0.29, 0.717) is 30.0 Å². The monoisotopic (exact) mass is 362 g/mol. The number of hydrogen-bond donors (Lipinski definition) is 2. The van der Waals surface area contributed by atoms with E-state index in [4.69, 9.17) is 0 Å². The van der Waals surface area contributed by atoms with Crippen LogP contribution in [-0.2, 0) is 11.2 Å². The van der Waals surface area contributed by atoms with Crippen LogP contribution >= 0.6 is 0 Å². The Morgan fingerprint density at radius 3 is 2.56 bits per heavy atom. The molecular formula is C22H22N2O3. The van der Waals surface area contributed by atoms with Crippen molar-refractivity contribution >= 4 is 22.6 Å². The van der Waals surface area contributed by atoms with Crippen LogP contribution in [0.5, 0.6) is 5.75 Å². The molecule has 5 heteroatoms. The zero-order valence-electron chi connectivity index (χ0n) is 15.0. The fourth-order valence-corrected chi connectivity index (χ4v) is 3.84. The first-order valence-corrected chi connectivity index (χ1v) is 9.29. The molecule has 1 saturated heterocycles. The summed E-state index contributed by atoms with van der Waals surface area (Å²) in [6.45, 7) is 1.21. The maximum absolute atomic E-state index is 12.7. The average Bonchev–Trinajstić information content (AvgIpc) is 3.11. The number of ketones is 1. The highest BCUT2D eigenvalue weighted by Crippen LogP contribution is 2.25. The van der Waals surface area contributed by atoms with E-state index in [-0.39, 0.29) is 5.75 Å². The molecule has 0 radical (unpaired) electrons. The summed E-state index contributed by atoms with van der Waals surface area (Å²) in [7, 11) is 0. The summed E-state index contributed by atoms with van der Waals surface area (Å²) in [4.78, 5) is 30.0. The molecule has 0 atom stereocenters. The highest BCUT2D eigenvalue weighted by Gasteiger charge is 2.29. The lowest BCUT2D eigenvalue weighted by Crippen LogP contribution is -2.42. The van der Waals surface area contributed by atoms with Crippen molar-refractivity contribution in [2.24, 2.45) is 5.92 Å². The predicted octanol–water partition coefficient (Wildman–Crippen LogP) is 3.54. The molecule has 5 nitrogen and oxygen atoms in total. The Hall–Kier alpha value is -3.08. The number of fused-ring (bicyclic) bond motifs is 1. The zero-order valence-corrected chi connectivity index (χ0v) is 15.0. The van der Waals surface area contributed by atoms with Gasteiger partial charge in [-0.2, -0.15) is 0 Å². The van der Waals surface area contributed by atoms with E-state index in [9.17, 15) is 14.7 Å². The Bertz CT molecular complexity index is 970. The van der Waals surface area contributed by atoms with E-state index in [0.717, 1.165) is 24.8 Å². The number of phenols is 1. The van der Waals surface area contributed by atoms with Crippen LogP contribution in [0.3, 0.4) is 0 Å². The lowest BCUT2D eigenvalue weighted by molar-refractivity contribution is -0.127. The number of phenolic OH excluding ortho intramolecular Hbond substituents is 1. The molecule has 0 unspecified atom stereocenters. The van der Waals surface area contributed by atoms with Crippen molar-refractivity contribution in [1.29, 1.82) is 0 Å². The van der Waals surface area contributed by atoms with E-state index in [2.05, 4.69) is 17.1 Å². The minimum atomic E-state index is -0.520. The number of amides is 1. The first kappa shape index (κ1) is 17.3. The fourth-order valence-electron chi connectivity index (χ4n) is 3.84. The maximum Gasteiger partial charge on any atom is 0.295 e. The van der Waals surface area contributed by atoms with Crippen molar-refractivity contribution < 1.29 is 14.7 Å². The number of piperidine rings is 1. The summed E-state index contributed by atoms with van der Waals surface area (Å²) in [5, 5.41) is 10.2. The molecule has 2 aromatic carbocycles. The van der Waals surface area contributed by atoms with Gasteiger partial charge in [-0.05, 0) is 48.9 Å². The Balaban J connectivity index is 1.41. The number of aromatic nitrogens is 1. The molecule has 1 amide bonds. The second-order valence-electron chi connectivity index (χ2n) is 7.19. The van der Waals surface area contributed by atoms with E-state index < -0.39 is 11.7 Å². The molecule has 0 bridgehead atoms. The van der Waals surface area contributed by atoms with Crippen molar-refractivity contribution in [2.45, 2.75) is 19.3 Å².